The zero-order valence-electron chi connectivity index (χ0n) is 8.74. The Morgan fingerprint density at radius 3 is 2.88 bits per heavy atom. The molecule has 1 unspecified atom stereocenters. The van der Waals surface area contributed by atoms with E-state index in [0.29, 0.717) is 12.2 Å². The van der Waals surface area contributed by atoms with Crippen molar-refractivity contribution in [2.45, 2.75) is 25.9 Å². The van der Waals surface area contributed by atoms with Crippen molar-refractivity contribution in [1.82, 2.24) is 0 Å². The second-order valence-corrected chi connectivity index (χ2v) is 3.84. The number of carboxylic acid groups (broad SMARTS) is 1. The highest BCUT2D eigenvalue weighted by Gasteiger charge is 2.08. The van der Waals surface area contributed by atoms with Crippen LogP contribution in [-0.2, 0) is 4.79 Å². The van der Waals surface area contributed by atoms with Gasteiger partial charge in [-0.3, -0.25) is 4.79 Å². The van der Waals surface area contributed by atoms with Gasteiger partial charge in [-0.15, -0.1) is 0 Å². The molecule has 0 heterocycles. The molecule has 0 bridgehead atoms. The second-order valence-electron chi connectivity index (χ2n) is 3.44. The van der Waals surface area contributed by atoms with Gasteiger partial charge in [-0.2, -0.15) is 0 Å². The van der Waals surface area contributed by atoms with Crippen molar-refractivity contribution in [1.29, 1.82) is 0 Å². The summed E-state index contributed by atoms with van der Waals surface area (Å²) in [5.41, 5.74) is 0. The van der Waals surface area contributed by atoms with Gasteiger partial charge in [-0.1, -0.05) is 11.6 Å². The molecule has 88 valence electrons. The lowest BCUT2D eigenvalue weighted by Gasteiger charge is -2.13. The van der Waals surface area contributed by atoms with E-state index >= 15 is 0 Å². The summed E-state index contributed by atoms with van der Waals surface area (Å²) in [6, 6.07) is 4.04. The van der Waals surface area contributed by atoms with Gasteiger partial charge in [0.05, 0.1) is 11.1 Å². The molecule has 0 radical (unpaired) electrons. The van der Waals surface area contributed by atoms with E-state index in [4.69, 9.17) is 21.4 Å². The van der Waals surface area contributed by atoms with E-state index in [9.17, 15) is 9.18 Å². The first-order valence-electron chi connectivity index (χ1n) is 4.82. The topological polar surface area (TPSA) is 46.5 Å². The van der Waals surface area contributed by atoms with E-state index in [-0.39, 0.29) is 17.5 Å². The minimum Gasteiger partial charge on any atom is -0.491 e. The molecule has 0 aliphatic heterocycles. The Labute approximate surface area is 97.8 Å². The maximum atomic E-state index is 12.8. The average molecular weight is 247 g/mol. The van der Waals surface area contributed by atoms with Gasteiger partial charge in [0.1, 0.15) is 11.6 Å². The lowest BCUT2D eigenvalue weighted by molar-refractivity contribution is -0.137. The first-order valence-corrected chi connectivity index (χ1v) is 5.20. The third-order valence-corrected chi connectivity index (χ3v) is 2.28. The first-order chi connectivity index (χ1) is 7.49. The number of carbonyl (C=O) groups is 1. The smallest absolute Gasteiger partial charge is 0.303 e. The van der Waals surface area contributed by atoms with E-state index in [0.717, 1.165) is 0 Å². The van der Waals surface area contributed by atoms with E-state index in [2.05, 4.69) is 0 Å². The normalized spacial score (nSPS) is 12.2. The molecule has 1 aromatic rings. The molecule has 16 heavy (non-hydrogen) atoms. The second kappa shape index (κ2) is 5.70. The molecule has 0 aliphatic carbocycles. The van der Waals surface area contributed by atoms with Crippen LogP contribution < -0.4 is 4.74 Å². The third-order valence-electron chi connectivity index (χ3n) is 1.99. The van der Waals surface area contributed by atoms with Crippen LogP contribution in [0.3, 0.4) is 0 Å². The van der Waals surface area contributed by atoms with Crippen molar-refractivity contribution in [2.24, 2.45) is 0 Å². The van der Waals surface area contributed by atoms with Crippen molar-refractivity contribution < 1.29 is 19.0 Å². The number of benzene rings is 1. The summed E-state index contributed by atoms with van der Waals surface area (Å²) >= 11 is 5.58. The molecular formula is C11H12ClFO3. The van der Waals surface area contributed by atoms with Gasteiger partial charge >= 0.3 is 5.97 Å². The van der Waals surface area contributed by atoms with Crippen LogP contribution in [0.15, 0.2) is 18.2 Å². The van der Waals surface area contributed by atoms with Gasteiger partial charge in [-0.25, -0.2) is 4.39 Å². The van der Waals surface area contributed by atoms with Crippen molar-refractivity contribution in [3.63, 3.8) is 0 Å². The fraction of sp³-hybridized carbons (Fsp3) is 0.364. The molecule has 0 aliphatic rings. The zero-order chi connectivity index (χ0) is 12.1. The maximum absolute atomic E-state index is 12.8. The minimum atomic E-state index is -0.868. The zero-order valence-corrected chi connectivity index (χ0v) is 9.50. The lowest BCUT2D eigenvalue weighted by atomic mass is 10.2. The Kier molecular flexibility index (Phi) is 4.55. The van der Waals surface area contributed by atoms with Gasteiger partial charge in [0.25, 0.3) is 0 Å². The SMILES string of the molecule is CC(CCC(=O)O)Oc1ccc(F)c(Cl)c1. The molecule has 5 heteroatoms. The Balaban J connectivity index is 2.52. The van der Waals surface area contributed by atoms with Crippen LogP contribution in [0.2, 0.25) is 5.02 Å². The van der Waals surface area contributed by atoms with E-state index in [1.54, 1.807) is 6.92 Å². The van der Waals surface area contributed by atoms with Crippen LogP contribution in [0, 0.1) is 5.82 Å². The molecule has 1 N–H and O–H groups in total. The lowest BCUT2D eigenvalue weighted by Crippen LogP contribution is -2.13. The van der Waals surface area contributed by atoms with Crippen molar-refractivity contribution in [3.05, 3.63) is 29.0 Å². The van der Waals surface area contributed by atoms with Crippen LogP contribution in [0.25, 0.3) is 0 Å². The third kappa shape index (κ3) is 4.06. The van der Waals surface area contributed by atoms with E-state index in [1.807, 2.05) is 0 Å². The highest BCUT2D eigenvalue weighted by atomic mass is 35.5. The Morgan fingerprint density at radius 1 is 1.62 bits per heavy atom. The van der Waals surface area contributed by atoms with Gasteiger partial charge in [-0.05, 0) is 25.5 Å². The van der Waals surface area contributed by atoms with Crippen molar-refractivity contribution in [3.8, 4) is 5.75 Å². The average Bonchev–Trinajstić information content (AvgIpc) is 2.21. The quantitative estimate of drug-likeness (QED) is 0.868. The summed E-state index contributed by atoms with van der Waals surface area (Å²) in [4.78, 5) is 10.3. The molecule has 1 rings (SSSR count). The van der Waals surface area contributed by atoms with Crippen molar-refractivity contribution >= 4 is 17.6 Å². The number of aliphatic carboxylic acids is 1. The molecule has 3 nitrogen and oxygen atoms in total. The summed E-state index contributed by atoms with van der Waals surface area (Å²) in [7, 11) is 0. The van der Waals surface area contributed by atoms with Crippen molar-refractivity contribution in [2.75, 3.05) is 0 Å². The predicted octanol–water partition coefficient (Wildman–Crippen LogP) is 3.11. The standard InChI is InChI=1S/C11H12ClFO3/c1-7(2-5-11(14)15)16-8-3-4-10(13)9(12)6-8/h3-4,6-7H,2,5H2,1H3,(H,14,15). The minimum absolute atomic E-state index is 0.0112. The van der Waals surface area contributed by atoms with Gasteiger partial charge in [0.15, 0.2) is 0 Å². The van der Waals surface area contributed by atoms with Crippen LogP contribution >= 0.6 is 11.6 Å². The highest BCUT2D eigenvalue weighted by molar-refractivity contribution is 6.30. The summed E-state index contributed by atoms with van der Waals surface area (Å²) in [5, 5.41) is 8.47. The van der Waals surface area contributed by atoms with E-state index in [1.165, 1.54) is 18.2 Å². The summed E-state index contributed by atoms with van der Waals surface area (Å²) < 4.78 is 18.2. The van der Waals surface area contributed by atoms with Gasteiger partial charge < -0.3 is 9.84 Å². The monoisotopic (exact) mass is 246 g/mol. The molecule has 1 atom stereocenters. The number of hydrogen-bond acceptors (Lipinski definition) is 2. The van der Waals surface area contributed by atoms with Crippen LogP contribution in [0.4, 0.5) is 4.39 Å². The number of halogens is 2. The summed E-state index contributed by atoms with van der Waals surface area (Å²) in [6.07, 6.45) is 0.179. The summed E-state index contributed by atoms with van der Waals surface area (Å²) in [5.74, 6) is -0.941. The molecule has 1 aromatic carbocycles. The van der Waals surface area contributed by atoms with Gasteiger partial charge in [0.2, 0.25) is 0 Å². The number of hydrogen-bond donors (Lipinski definition) is 1. The maximum Gasteiger partial charge on any atom is 0.303 e. The molecular weight excluding hydrogens is 235 g/mol. The largest absolute Gasteiger partial charge is 0.491 e. The molecule has 0 aromatic heterocycles. The Morgan fingerprint density at radius 2 is 2.31 bits per heavy atom. The van der Waals surface area contributed by atoms with Crippen LogP contribution in [0.1, 0.15) is 19.8 Å². The molecule has 0 saturated heterocycles. The predicted molar refractivity (Wildman–Crippen MR) is 58.4 cm³/mol. The number of rotatable bonds is 5. The number of carboxylic acids is 1. The molecule has 0 amide bonds. The molecule has 0 saturated carbocycles. The van der Waals surface area contributed by atoms with E-state index < -0.39 is 11.8 Å². The first kappa shape index (κ1) is 12.8. The van der Waals surface area contributed by atoms with Gasteiger partial charge in [0, 0.05) is 12.5 Å². The molecule has 0 fully saturated rings. The Hall–Kier alpha value is -1.29. The summed E-state index contributed by atoms with van der Waals surface area (Å²) in [6.45, 7) is 1.75. The number of ether oxygens (including phenoxy) is 1. The fourth-order valence-electron chi connectivity index (χ4n) is 1.17. The molecule has 0 spiro atoms. The fourth-order valence-corrected chi connectivity index (χ4v) is 1.34. The Bertz CT molecular complexity index is 381. The van der Waals surface area contributed by atoms with Crippen LogP contribution in [0.5, 0.6) is 5.75 Å². The highest BCUT2D eigenvalue weighted by Crippen LogP contribution is 2.22. The van der Waals surface area contributed by atoms with Crippen LogP contribution in [-0.4, -0.2) is 17.2 Å².